The summed E-state index contributed by atoms with van der Waals surface area (Å²) < 4.78 is 5.59. The molecule has 0 bridgehead atoms. The third-order valence-corrected chi connectivity index (χ3v) is 9.14. The molecule has 0 saturated heterocycles. The predicted molar refractivity (Wildman–Crippen MR) is 231 cm³/mol. The van der Waals surface area contributed by atoms with E-state index in [9.17, 15) is 0 Å². The van der Waals surface area contributed by atoms with E-state index in [1.54, 1.807) is 7.11 Å². The first-order valence-electron chi connectivity index (χ1n) is 18.0. The van der Waals surface area contributed by atoms with Crippen LogP contribution >= 0.6 is 17.0 Å². The van der Waals surface area contributed by atoms with E-state index >= 15 is 0 Å². The third-order valence-electron chi connectivity index (χ3n) is 9.14. The second kappa shape index (κ2) is 18.8. The first-order valence-corrected chi connectivity index (χ1v) is 26.3. The van der Waals surface area contributed by atoms with Crippen molar-refractivity contribution in [2.75, 3.05) is 7.11 Å². The summed E-state index contributed by atoms with van der Waals surface area (Å²) >= 11 is -0.826. The van der Waals surface area contributed by atoms with E-state index in [2.05, 4.69) is 186 Å². The van der Waals surface area contributed by atoms with Crippen molar-refractivity contribution in [3.63, 3.8) is 0 Å². The number of halogens is 2. The number of hydrogen-bond donors (Lipinski definition) is 0. The van der Waals surface area contributed by atoms with E-state index in [1.807, 2.05) is 0 Å². The normalized spacial score (nSPS) is 11.5. The molecule has 274 valence electrons. The molecule has 0 spiro atoms. The van der Waals surface area contributed by atoms with Gasteiger partial charge in [0.05, 0.1) is 7.11 Å². The van der Waals surface area contributed by atoms with Gasteiger partial charge in [-0.1, -0.05) is 161 Å². The summed E-state index contributed by atoms with van der Waals surface area (Å²) in [5.41, 5.74) is 12.4. The minimum absolute atomic E-state index is 0.115. The fraction of sp³-hybridized carbons (Fsp3) is 0.362. The number of benzene rings is 4. The first-order chi connectivity index (χ1) is 24.3. The molecule has 0 atom stereocenters. The van der Waals surface area contributed by atoms with Crippen molar-refractivity contribution < 1.29 is 25.6 Å². The standard InChI is InChI=1S/C25H31O.C20H21.C2H6Si.2ClH.Zr/c1-16-11-21-20(9-10-23(26-8)22(21)12-16)17-13-18(24(2,3)4)15-19(14-17)25(5,6)7;1-14-12-16-6-5-7-18(19(16)13-14)15-8-10-17(11-9-15)20(2,3)4;1-3-2;;;/h9-15H,1-8H3;5-13H,1-4H3;1-2H3;2*1H;/q2*-1;;;;+4/p-2. The van der Waals surface area contributed by atoms with Gasteiger partial charge in [0, 0.05) is 15.3 Å². The Morgan fingerprint density at radius 1 is 0.577 bits per heavy atom. The van der Waals surface area contributed by atoms with Crippen molar-refractivity contribution in [3.05, 3.63) is 125 Å². The van der Waals surface area contributed by atoms with Crippen molar-refractivity contribution in [2.24, 2.45) is 0 Å². The number of hydrogen-bond acceptors (Lipinski definition) is 1. The molecule has 0 N–H and O–H groups in total. The summed E-state index contributed by atoms with van der Waals surface area (Å²) in [6.45, 7) is 29.1. The molecule has 6 aromatic carbocycles. The van der Waals surface area contributed by atoms with Crippen molar-refractivity contribution in [1.82, 2.24) is 0 Å². The average molecular weight is 829 g/mol. The Hall–Kier alpha value is -2.42. The van der Waals surface area contributed by atoms with Gasteiger partial charge in [0.1, 0.15) is 0 Å². The third kappa shape index (κ3) is 11.5. The molecule has 2 radical (unpaired) electrons. The maximum absolute atomic E-state index is 5.59. The quantitative estimate of drug-likeness (QED) is 0.128. The van der Waals surface area contributed by atoms with Gasteiger partial charge in [-0.25, -0.2) is 0 Å². The minimum atomic E-state index is -0.826. The molecule has 0 aromatic heterocycles. The zero-order valence-electron chi connectivity index (χ0n) is 33.9. The molecule has 6 aromatic rings. The van der Waals surface area contributed by atoms with E-state index in [4.69, 9.17) is 21.8 Å². The Morgan fingerprint density at radius 3 is 1.56 bits per heavy atom. The number of rotatable bonds is 3. The van der Waals surface area contributed by atoms with E-state index in [0.29, 0.717) is 0 Å². The van der Waals surface area contributed by atoms with Crippen LogP contribution in [0.15, 0.2) is 97.1 Å². The van der Waals surface area contributed by atoms with Crippen molar-refractivity contribution in [2.45, 2.75) is 106 Å². The second-order valence-electron chi connectivity index (χ2n) is 16.7. The van der Waals surface area contributed by atoms with Crippen molar-refractivity contribution in [3.8, 4) is 28.0 Å². The van der Waals surface area contributed by atoms with Crippen LogP contribution < -0.4 is 4.74 Å². The van der Waals surface area contributed by atoms with Crippen LogP contribution in [-0.2, 0) is 37.1 Å². The van der Waals surface area contributed by atoms with Crippen LogP contribution in [0.2, 0.25) is 13.1 Å². The summed E-state index contributed by atoms with van der Waals surface area (Å²) in [4.78, 5) is 0. The summed E-state index contributed by atoms with van der Waals surface area (Å²) in [5.74, 6) is 0.944. The van der Waals surface area contributed by atoms with Crippen LogP contribution in [0.25, 0.3) is 43.8 Å². The molecule has 0 aliphatic heterocycles. The number of ether oxygens (including phenoxy) is 1. The SMILES string of the molecule is COc1ccc(-c2cc(C(C)(C)C)cc(C(C)(C)C)c2)c2cc(C)[cH-]c12.C[Si]C.Cc1cc2c(-c3ccc(C(C)(C)C)cc3)cccc2[cH-]1.[Cl][Zr+2][Cl]. The Bertz CT molecular complexity index is 2000. The van der Waals surface area contributed by atoms with E-state index in [1.165, 1.54) is 71.6 Å². The van der Waals surface area contributed by atoms with Crippen LogP contribution in [0, 0.1) is 13.8 Å². The molecular weight excluding hydrogens is 771 g/mol. The van der Waals surface area contributed by atoms with Crippen LogP contribution in [0.4, 0.5) is 0 Å². The first kappa shape index (κ1) is 44.0. The average Bonchev–Trinajstić information content (AvgIpc) is 3.65. The van der Waals surface area contributed by atoms with Gasteiger partial charge in [-0.15, -0.1) is 56.9 Å². The predicted octanol–water partition coefficient (Wildman–Crippen LogP) is 15.1. The van der Waals surface area contributed by atoms with Gasteiger partial charge in [0.2, 0.25) is 0 Å². The van der Waals surface area contributed by atoms with Crippen LogP contribution in [-0.4, -0.2) is 16.6 Å². The second-order valence-corrected chi connectivity index (χ2v) is 21.4. The molecule has 52 heavy (non-hydrogen) atoms. The Labute approximate surface area is 336 Å². The van der Waals surface area contributed by atoms with Crippen LogP contribution in [0.5, 0.6) is 5.75 Å². The van der Waals surface area contributed by atoms with E-state index < -0.39 is 20.8 Å². The maximum atomic E-state index is 5.59. The van der Waals surface area contributed by atoms with E-state index in [-0.39, 0.29) is 16.2 Å². The van der Waals surface area contributed by atoms with Crippen molar-refractivity contribution >= 4 is 48.1 Å². The van der Waals surface area contributed by atoms with Gasteiger partial charge in [0.15, 0.2) is 0 Å². The summed E-state index contributed by atoms with van der Waals surface area (Å²) in [7, 11) is 12.7. The number of aryl methyl sites for hydroxylation is 2. The molecule has 1 nitrogen and oxygen atoms in total. The number of methoxy groups -OCH3 is 1. The molecule has 0 unspecified atom stereocenters. The zero-order chi connectivity index (χ0) is 39.0. The van der Waals surface area contributed by atoms with Crippen molar-refractivity contribution in [1.29, 1.82) is 0 Å². The Balaban J connectivity index is 0.000000249. The molecule has 0 saturated carbocycles. The molecule has 6 rings (SSSR count). The van der Waals surface area contributed by atoms with Crippen LogP contribution in [0.3, 0.4) is 0 Å². The molecule has 0 amide bonds. The van der Waals surface area contributed by atoms with Crippen LogP contribution in [0.1, 0.15) is 90.1 Å². The van der Waals surface area contributed by atoms with Gasteiger partial charge in [-0.05, 0) is 44.1 Å². The van der Waals surface area contributed by atoms with Gasteiger partial charge in [-0.3, -0.25) is 0 Å². The molecule has 0 aliphatic carbocycles. The van der Waals surface area contributed by atoms with Gasteiger partial charge in [-0.2, -0.15) is 12.1 Å². The fourth-order valence-corrected chi connectivity index (χ4v) is 6.28. The Morgan fingerprint density at radius 2 is 1.06 bits per heavy atom. The molecule has 0 heterocycles. The summed E-state index contributed by atoms with van der Waals surface area (Å²) in [6, 6.07) is 36.0. The van der Waals surface area contributed by atoms with Gasteiger partial charge >= 0.3 is 37.9 Å². The Kier molecular flexibility index (Phi) is 15.9. The molecule has 0 fully saturated rings. The topological polar surface area (TPSA) is 9.23 Å². The van der Waals surface area contributed by atoms with Gasteiger partial charge < -0.3 is 4.74 Å². The molecule has 5 heteroatoms. The van der Waals surface area contributed by atoms with E-state index in [0.717, 1.165) is 15.3 Å². The summed E-state index contributed by atoms with van der Waals surface area (Å²) in [5, 5.41) is 5.15. The zero-order valence-corrected chi connectivity index (χ0v) is 38.9. The number of fused-ring (bicyclic) bond motifs is 2. The molecular formula is C47H58Cl2OSiZr. The van der Waals surface area contributed by atoms with Gasteiger partial charge in [0.25, 0.3) is 0 Å². The summed E-state index contributed by atoms with van der Waals surface area (Å²) in [6.07, 6.45) is 0. The monoisotopic (exact) mass is 826 g/mol. The fourth-order valence-electron chi connectivity index (χ4n) is 6.28. The molecule has 0 aliphatic rings.